The van der Waals surface area contributed by atoms with Crippen LogP contribution in [0.1, 0.15) is 0 Å². The number of pyridine rings is 2. The second-order valence-electron chi connectivity index (χ2n) is 3.67. The van der Waals surface area contributed by atoms with Crippen LogP contribution in [0.2, 0.25) is 0 Å². The first kappa shape index (κ1) is 13.6. The van der Waals surface area contributed by atoms with Crippen molar-refractivity contribution in [3.63, 3.8) is 0 Å². The average Bonchev–Trinajstić information content (AvgIpc) is 2.41. The van der Waals surface area contributed by atoms with E-state index in [-0.39, 0.29) is 5.56 Å². The molecule has 0 fully saturated rings. The molecule has 0 spiro atoms. The van der Waals surface area contributed by atoms with Crippen molar-refractivity contribution in [2.75, 3.05) is 14.1 Å². The molecule has 0 aliphatic carbocycles. The lowest BCUT2D eigenvalue weighted by Gasteiger charge is -2.01. The quantitative estimate of drug-likeness (QED) is 0.740. The predicted octanol–water partition coefficient (Wildman–Crippen LogP) is 0.937. The molecule has 0 unspecified atom stereocenters. The zero-order valence-corrected chi connectivity index (χ0v) is 10.4. The van der Waals surface area contributed by atoms with Crippen molar-refractivity contribution in [1.29, 1.82) is 0 Å². The van der Waals surface area contributed by atoms with Crippen LogP contribution in [0.3, 0.4) is 0 Å². The minimum atomic E-state index is -0.0683. The topological polar surface area (TPSA) is 55.2 Å². The van der Waals surface area contributed by atoms with Crippen molar-refractivity contribution in [2.45, 2.75) is 0 Å². The Kier molecular flexibility index (Phi) is 5.31. The molecular weight excluding hydrogens is 230 g/mol. The van der Waals surface area contributed by atoms with Crippen LogP contribution in [-0.2, 0) is 4.79 Å². The maximum Gasteiger partial charge on any atom is 0.256 e. The number of rotatable bonds is 2. The number of carbonyl (C=O) groups is 1. The molecule has 2 rings (SSSR count). The monoisotopic (exact) mass is 245 g/mol. The van der Waals surface area contributed by atoms with Gasteiger partial charge in [0.25, 0.3) is 5.56 Å². The molecule has 0 atom stereocenters. The van der Waals surface area contributed by atoms with Crippen LogP contribution in [-0.4, -0.2) is 35.0 Å². The molecule has 0 aliphatic heterocycles. The van der Waals surface area contributed by atoms with Crippen LogP contribution in [0.25, 0.3) is 5.82 Å². The Bertz CT molecular complexity index is 535. The highest BCUT2D eigenvalue weighted by Crippen LogP contribution is 1.97. The Labute approximate surface area is 105 Å². The van der Waals surface area contributed by atoms with Crippen molar-refractivity contribution in [1.82, 2.24) is 14.5 Å². The number of carbonyl (C=O) groups excluding carboxylic acids is 1. The van der Waals surface area contributed by atoms with Crippen LogP contribution in [0, 0.1) is 0 Å². The third-order valence-corrected chi connectivity index (χ3v) is 1.93. The van der Waals surface area contributed by atoms with Crippen LogP contribution in [0.5, 0.6) is 0 Å². The summed E-state index contributed by atoms with van der Waals surface area (Å²) in [5.41, 5.74) is -0.0683. The van der Waals surface area contributed by atoms with E-state index in [9.17, 15) is 9.59 Å². The molecule has 0 aromatic carbocycles. The minimum absolute atomic E-state index is 0.0683. The maximum atomic E-state index is 11.3. The molecule has 94 valence electrons. The highest BCUT2D eigenvalue weighted by Gasteiger charge is 1.96. The zero-order chi connectivity index (χ0) is 13.4. The van der Waals surface area contributed by atoms with Gasteiger partial charge in [0.15, 0.2) is 0 Å². The van der Waals surface area contributed by atoms with Crippen molar-refractivity contribution in [3.8, 4) is 5.82 Å². The largest absolute Gasteiger partial charge is 0.351 e. The Morgan fingerprint density at radius 1 is 1.17 bits per heavy atom. The fourth-order valence-electron chi connectivity index (χ4n) is 1.11. The first-order chi connectivity index (χ1) is 8.65. The molecule has 0 N–H and O–H groups in total. The molecule has 2 heterocycles. The van der Waals surface area contributed by atoms with Gasteiger partial charge in [0.05, 0.1) is 0 Å². The van der Waals surface area contributed by atoms with Gasteiger partial charge in [-0.25, -0.2) is 4.98 Å². The third-order valence-electron chi connectivity index (χ3n) is 1.93. The van der Waals surface area contributed by atoms with Gasteiger partial charge in [-0.1, -0.05) is 12.1 Å². The van der Waals surface area contributed by atoms with Crippen molar-refractivity contribution >= 4 is 6.41 Å². The lowest BCUT2D eigenvalue weighted by molar-refractivity contribution is -0.115. The van der Waals surface area contributed by atoms with E-state index in [4.69, 9.17) is 0 Å². The maximum absolute atomic E-state index is 11.3. The van der Waals surface area contributed by atoms with E-state index in [2.05, 4.69) is 4.98 Å². The number of hydrogen-bond donors (Lipinski definition) is 0. The number of amides is 1. The van der Waals surface area contributed by atoms with E-state index >= 15 is 0 Å². The Hall–Kier alpha value is -2.43. The molecule has 1 amide bonds. The molecule has 0 radical (unpaired) electrons. The molecule has 0 bridgehead atoms. The Balaban J connectivity index is 0.000000280. The molecule has 5 heteroatoms. The van der Waals surface area contributed by atoms with E-state index in [0.29, 0.717) is 5.82 Å². The van der Waals surface area contributed by atoms with Gasteiger partial charge in [0.2, 0.25) is 6.41 Å². The van der Waals surface area contributed by atoms with Gasteiger partial charge >= 0.3 is 0 Å². The summed E-state index contributed by atoms with van der Waals surface area (Å²) in [5, 5.41) is 0. The molecule has 2 aromatic rings. The normalized spacial score (nSPS) is 9.00. The van der Waals surface area contributed by atoms with E-state index in [1.165, 1.54) is 15.5 Å². The van der Waals surface area contributed by atoms with Crippen LogP contribution < -0.4 is 5.56 Å². The van der Waals surface area contributed by atoms with Gasteiger partial charge in [-0.05, 0) is 18.2 Å². The predicted molar refractivity (Wildman–Crippen MR) is 69.6 cm³/mol. The van der Waals surface area contributed by atoms with Gasteiger partial charge in [-0.15, -0.1) is 0 Å². The van der Waals surface area contributed by atoms with Crippen LogP contribution >= 0.6 is 0 Å². The number of aromatic nitrogens is 2. The van der Waals surface area contributed by atoms with Crippen LogP contribution in [0.15, 0.2) is 53.6 Å². The van der Waals surface area contributed by atoms with Gasteiger partial charge in [0.1, 0.15) is 5.82 Å². The van der Waals surface area contributed by atoms with Crippen molar-refractivity contribution in [3.05, 3.63) is 59.1 Å². The summed E-state index contributed by atoms with van der Waals surface area (Å²) >= 11 is 0. The van der Waals surface area contributed by atoms with Crippen molar-refractivity contribution < 1.29 is 4.79 Å². The molecular formula is C13H15N3O2. The minimum Gasteiger partial charge on any atom is -0.351 e. The molecule has 5 nitrogen and oxygen atoms in total. The first-order valence-corrected chi connectivity index (χ1v) is 5.36. The second kappa shape index (κ2) is 7.01. The van der Waals surface area contributed by atoms with Gasteiger partial charge in [-0.3, -0.25) is 14.2 Å². The summed E-state index contributed by atoms with van der Waals surface area (Å²) in [4.78, 5) is 26.3. The number of nitrogens with zero attached hydrogens (tertiary/aromatic N) is 3. The standard InChI is InChI=1S/C10H8N2O.C3H7NO/c13-10-6-2-4-8-12(10)9-5-1-3-7-11-9;1-4(2)3-5/h1-8H;3H,1-2H3. The molecule has 0 saturated heterocycles. The summed E-state index contributed by atoms with van der Waals surface area (Å²) in [6.45, 7) is 0. The Morgan fingerprint density at radius 3 is 2.33 bits per heavy atom. The van der Waals surface area contributed by atoms with Crippen molar-refractivity contribution in [2.24, 2.45) is 0 Å². The second-order valence-corrected chi connectivity index (χ2v) is 3.67. The first-order valence-electron chi connectivity index (χ1n) is 5.36. The summed E-state index contributed by atoms with van der Waals surface area (Å²) < 4.78 is 1.50. The van der Waals surface area contributed by atoms with Gasteiger partial charge in [-0.2, -0.15) is 0 Å². The van der Waals surface area contributed by atoms with E-state index in [0.717, 1.165) is 6.41 Å². The smallest absolute Gasteiger partial charge is 0.256 e. The van der Waals surface area contributed by atoms with Gasteiger partial charge < -0.3 is 4.90 Å². The lowest BCUT2D eigenvalue weighted by atomic mass is 10.4. The third kappa shape index (κ3) is 4.21. The molecule has 0 saturated carbocycles. The zero-order valence-electron chi connectivity index (χ0n) is 10.4. The summed E-state index contributed by atoms with van der Waals surface area (Å²) in [7, 11) is 3.38. The summed E-state index contributed by atoms with van der Waals surface area (Å²) in [6, 6.07) is 10.5. The number of hydrogen-bond acceptors (Lipinski definition) is 3. The summed E-state index contributed by atoms with van der Waals surface area (Å²) in [6.07, 6.45) is 4.11. The van der Waals surface area contributed by atoms with E-state index < -0.39 is 0 Å². The molecule has 2 aromatic heterocycles. The van der Waals surface area contributed by atoms with Gasteiger partial charge in [0, 0.05) is 32.6 Å². The summed E-state index contributed by atoms with van der Waals surface area (Å²) in [5.74, 6) is 0.646. The fourth-order valence-corrected chi connectivity index (χ4v) is 1.11. The lowest BCUT2D eigenvalue weighted by Crippen LogP contribution is -2.16. The Morgan fingerprint density at radius 2 is 1.83 bits per heavy atom. The fraction of sp³-hybridized carbons (Fsp3) is 0.154. The van der Waals surface area contributed by atoms with Crippen LogP contribution in [0.4, 0.5) is 0 Å². The highest BCUT2D eigenvalue weighted by atomic mass is 16.1. The SMILES string of the molecule is CN(C)C=O.O=c1ccccn1-c1ccccn1. The van der Waals surface area contributed by atoms with E-state index in [1.807, 2.05) is 12.1 Å². The average molecular weight is 245 g/mol. The molecule has 0 aliphatic rings. The van der Waals surface area contributed by atoms with E-state index in [1.54, 1.807) is 44.7 Å². The molecule has 18 heavy (non-hydrogen) atoms. The highest BCUT2D eigenvalue weighted by molar-refractivity contribution is 5.45.